The third kappa shape index (κ3) is 5.63. The molecule has 0 saturated carbocycles. The van der Waals surface area contributed by atoms with Crippen molar-refractivity contribution in [3.05, 3.63) is 77.6 Å². The molecule has 0 aliphatic carbocycles. The Morgan fingerprint density at radius 3 is 2.73 bits per heavy atom. The van der Waals surface area contributed by atoms with Crippen LogP contribution in [0.15, 0.2) is 60.7 Å². The van der Waals surface area contributed by atoms with E-state index in [-0.39, 0.29) is 43.7 Å². The predicted molar refractivity (Wildman–Crippen MR) is 136 cm³/mol. The molecule has 2 heterocycles. The number of halogens is 1. The summed E-state index contributed by atoms with van der Waals surface area (Å²) in [5, 5.41) is 7.73. The number of fused-ring (bicyclic) bond motifs is 1. The number of hydrogen-bond acceptors (Lipinski definition) is 6. The van der Waals surface area contributed by atoms with Crippen LogP contribution in [0, 0.1) is 5.82 Å². The molecule has 2 saturated heterocycles. The van der Waals surface area contributed by atoms with Crippen LogP contribution in [0.4, 0.5) is 14.9 Å². The molecule has 0 aromatic heterocycles. The molecular weight excluding hydrogens is 477 g/mol. The minimum absolute atomic E-state index is 0.0250. The molecule has 1 unspecified atom stereocenters. The lowest BCUT2D eigenvalue weighted by Crippen LogP contribution is -2.35. The highest BCUT2D eigenvalue weighted by Crippen LogP contribution is 2.28. The molecule has 2 amide bonds. The first-order chi connectivity index (χ1) is 18.0. The van der Waals surface area contributed by atoms with Crippen molar-refractivity contribution in [1.82, 2.24) is 10.6 Å². The van der Waals surface area contributed by atoms with Crippen molar-refractivity contribution in [2.24, 2.45) is 0 Å². The zero-order valence-electron chi connectivity index (χ0n) is 20.2. The second-order valence-corrected chi connectivity index (χ2v) is 9.14. The van der Waals surface area contributed by atoms with Gasteiger partial charge in [0.15, 0.2) is 5.78 Å². The normalized spacial score (nSPS) is 19.6. The maximum absolute atomic E-state index is 14.8. The minimum Gasteiger partial charge on any atom is -0.442 e. The highest BCUT2D eigenvalue weighted by molar-refractivity contribution is 6.08. The standard InChI is InChI=1S/C28H28FN3O5/c29-24-14-19(8-9-23(24)26-16-30-12-13-36-26)32-17-20(37-28(32)35)15-31-27(34)11-10-25(33)22-7-3-5-18-4-1-2-6-21(18)22/h1-9,14,20,26,30H,10-13,15-17H2,(H,31,34)/t20-,26?/m0/s1. The largest absolute Gasteiger partial charge is 0.442 e. The molecule has 2 aliphatic heterocycles. The average molecular weight is 506 g/mol. The number of benzene rings is 3. The van der Waals surface area contributed by atoms with Crippen LogP contribution in [-0.4, -0.2) is 56.7 Å². The number of hydrogen-bond donors (Lipinski definition) is 2. The first-order valence-electron chi connectivity index (χ1n) is 12.4. The Bertz CT molecular complexity index is 1320. The van der Waals surface area contributed by atoms with E-state index in [9.17, 15) is 18.8 Å². The zero-order valence-corrected chi connectivity index (χ0v) is 20.2. The Kier molecular flexibility index (Phi) is 7.43. The number of nitrogens with one attached hydrogen (secondary N) is 2. The van der Waals surface area contributed by atoms with Gasteiger partial charge in [0.05, 0.1) is 31.5 Å². The maximum atomic E-state index is 14.8. The number of carbonyl (C=O) groups is 3. The summed E-state index contributed by atoms with van der Waals surface area (Å²) < 4.78 is 25.7. The van der Waals surface area contributed by atoms with Gasteiger partial charge in [-0.05, 0) is 22.9 Å². The second-order valence-electron chi connectivity index (χ2n) is 9.14. The molecule has 0 spiro atoms. The summed E-state index contributed by atoms with van der Waals surface area (Å²) in [4.78, 5) is 38.8. The molecule has 2 aliphatic rings. The SMILES string of the molecule is O=C(CCC(=O)c1cccc2ccccc12)NC[C@H]1CN(c2ccc(C3CNCCO3)c(F)c2)C(=O)O1. The van der Waals surface area contributed by atoms with E-state index in [1.165, 1.54) is 11.0 Å². The van der Waals surface area contributed by atoms with Crippen LogP contribution in [0.5, 0.6) is 0 Å². The lowest BCUT2D eigenvalue weighted by Gasteiger charge is -2.25. The van der Waals surface area contributed by atoms with E-state index in [2.05, 4.69) is 10.6 Å². The van der Waals surface area contributed by atoms with Crippen molar-refractivity contribution >= 4 is 34.2 Å². The van der Waals surface area contributed by atoms with Gasteiger partial charge in [0.2, 0.25) is 5.91 Å². The summed E-state index contributed by atoms with van der Waals surface area (Å²) in [7, 11) is 0. The molecule has 8 nitrogen and oxygen atoms in total. The smallest absolute Gasteiger partial charge is 0.414 e. The van der Waals surface area contributed by atoms with Crippen LogP contribution in [-0.2, 0) is 14.3 Å². The highest BCUT2D eigenvalue weighted by atomic mass is 19.1. The summed E-state index contributed by atoms with van der Waals surface area (Å²) in [5.74, 6) is -0.864. The van der Waals surface area contributed by atoms with Crippen molar-refractivity contribution in [3.63, 3.8) is 0 Å². The summed E-state index contributed by atoms with van der Waals surface area (Å²) in [6, 6.07) is 17.7. The minimum atomic E-state index is -0.604. The fourth-order valence-corrected chi connectivity index (χ4v) is 4.70. The molecule has 0 radical (unpaired) electrons. The van der Waals surface area contributed by atoms with Crippen LogP contribution in [0.3, 0.4) is 0 Å². The lowest BCUT2D eigenvalue weighted by atomic mass is 9.99. The van der Waals surface area contributed by atoms with Gasteiger partial charge < -0.3 is 20.1 Å². The van der Waals surface area contributed by atoms with Crippen LogP contribution >= 0.6 is 0 Å². The van der Waals surface area contributed by atoms with Crippen molar-refractivity contribution in [1.29, 1.82) is 0 Å². The topological polar surface area (TPSA) is 97.0 Å². The fraction of sp³-hybridized carbons (Fsp3) is 0.321. The van der Waals surface area contributed by atoms with Crippen molar-refractivity contribution in [2.75, 3.05) is 37.7 Å². The number of cyclic esters (lactones) is 1. The maximum Gasteiger partial charge on any atom is 0.414 e. The van der Waals surface area contributed by atoms with Gasteiger partial charge in [-0.15, -0.1) is 0 Å². The average Bonchev–Trinajstić information content (AvgIpc) is 3.31. The van der Waals surface area contributed by atoms with Crippen molar-refractivity contribution in [3.8, 4) is 0 Å². The quantitative estimate of drug-likeness (QED) is 0.453. The van der Waals surface area contributed by atoms with Crippen LogP contribution < -0.4 is 15.5 Å². The number of anilines is 1. The summed E-state index contributed by atoms with van der Waals surface area (Å²) in [6.45, 7) is 2.04. The van der Waals surface area contributed by atoms with Gasteiger partial charge in [-0.3, -0.25) is 14.5 Å². The van der Waals surface area contributed by atoms with E-state index < -0.39 is 18.0 Å². The Labute approximate surface area is 213 Å². The van der Waals surface area contributed by atoms with Gasteiger partial charge in [0, 0.05) is 37.1 Å². The van der Waals surface area contributed by atoms with E-state index >= 15 is 0 Å². The van der Waals surface area contributed by atoms with Gasteiger partial charge >= 0.3 is 6.09 Å². The number of Topliss-reactive ketones (excluding diaryl/α,β-unsaturated/α-hetero) is 1. The van der Waals surface area contributed by atoms with E-state index in [0.717, 1.165) is 17.3 Å². The van der Waals surface area contributed by atoms with Crippen molar-refractivity contribution < 1.29 is 28.2 Å². The molecule has 192 valence electrons. The third-order valence-electron chi connectivity index (χ3n) is 6.64. The molecule has 9 heteroatoms. The van der Waals surface area contributed by atoms with Crippen molar-refractivity contribution in [2.45, 2.75) is 25.0 Å². The van der Waals surface area contributed by atoms with E-state index in [1.807, 2.05) is 36.4 Å². The van der Waals surface area contributed by atoms with Gasteiger partial charge in [-0.1, -0.05) is 48.5 Å². The van der Waals surface area contributed by atoms with Crippen LogP contribution in [0.25, 0.3) is 10.8 Å². The monoisotopic (exact) mass is 505 g/mol. The van der Waals surface area contributed by atoms with Gasteiger partial charge in [0.25, 0.3) is 0 Å². The van der Waals surface area contributed by atoms with E-state index in [0.29, 0.717) is 30.0 Å². The van der Waals surface area contributed by atoms with Crippen LogP contribution in [0.1, 0.15) is 34.9 Å². The Morgan fingerprint density at radius 2 is 1.92 bits per heavy atom. The molecule has 5 rings (SSSR count). The molecule has 2 atom stereocenters. The highest BCUT2D eigenvalue weighted by Gasteiger charge is 2.33. The number of rotatable bonds is 8. The molecule has 37 heavy (non-hydrogen) atoms. The number of ketones is 1. The molecular formula is C28H28FN3O5. The summed E-state index contributed by atoms with van der Waals surface area (Å²) in [5.41, 5.74) is 1.41. The number of carbonyl (C=O) groups excluding carboxylic acids is 3. The molecule has 2 N–H and O–H groups in total. The van der Waals surface area contributed by atoms with E-state index in [1.54, 1.807) is 18.2 Å². The molecule has 0 bridgehead atoms. The van der Waals surface area contributed by atoms with Crippen LogP contribution in [0.2, 0.25) is 0 Å². The Morgan fingerprint density at radius 1 is 1.08 bits per heavy atom. The predicted octanol–water partition coefficient (Wildman–Crippen LogP) is 3.74. The zero-order chi connectivity index (χ0) is 25.8. The van der Waals surface area contributed by atoms with Gasteiger partial charge in [-0.2, -0.15) is 0 Å². The second kappa shape index (κ2) is 11.1. The molecule has 3 aromatic rings. The fourth-order valence-electron chi connectivity index (χ4n) is 4.70. The Hall–Kier alpha value is -3.82. The van der Waals surface area contributed by atoms with E-state index in [4.69, 9.17) is 9.47 Å². The van der Waals surface area contributed by atoms with Gasteiger partial charge in [-0.25, -0.2) is 9.18 Å². The molecule has 3 aromatic carbocycles. The van der Waals surface area contributed by atoms with Gasteiger partial charge in [0.1, 0.15) is 11.9 Å². The number of ether oxygens (including phenoxy) is 2. The number of amides is 2. The Balaban J connectivity index is 1.12. The lowest BCUT2D eigenvalue weighted by molar-refractivity contribution is -0.121. The molecule has 2 fully saturated rings. The first kappa shape index (κ1) is 24.9. The first-order valence-corrected chi connectivity index (χ1v) is 12.4. The third-order valence-corrected chi connectivity index (χ3v) is 6.64. The number of nitrogens with zero attached hydrogens (tertiary/aromatic N) is 1. The summed E-state index contributed by atoms with van der Waals surface area (Å²) >= 11 is 0. The number of morpholine rings is 1. The summed E-state index contributed by atoms with van der Waals surface area (Å²) in [6.07, 6.45) is -1.46.